The molecule has 122 valence electrons. The minimum atomic E-state index is 0. The molecular formula is C14H17Cl4N3S. The van der Waals surface area contributed by atoms with Crippen molar-refractivity contribution in [1.29, 1.82) is 0 Å². The fourth-order valence-corrected chi connectivity index (χ4v) is 3.16. The minimum Gasteiger partial charge on any atom is -0.372 e. The van der Waals surface area contributed by atoms with Crippen LogP contribution < -0.4 is 4.90 Å². The first-order chi connectivity index (χ1) is 9.72. The highest BCUT2D eigenvalue weighted by Gasteiger charge is 2.11. The van der Waals surface area contributed by atoms with E-state index in [1.54, 1.807) is 24.2 Å². The zero-order valence-corrected chi connectivity index (χ0v) is 15.9. The number of anilines is 1. The maximum atomic E-state index is 6.42. The van der Waals surface area contributed by atoms with Gasteiger partial charge in [-0.3, -0.25) is 4.98 Å². The summed E-state index contributed by atoms with van der Waals surface area (Å²) < 4.78 is 0. The van der Waals surface area contributed by atoms with Crippen molar-refractivity contribution in [2.75, 3.05) is 24.4 Å². The van der Waals surface area contributed by atoms with Crippen LogP contribution in [0.5, 0.6) is 0 Å². The Morgan fingerprint density at radius 3 is 2.55 bits per heavy atom. The molecule has 0 N–H and O–H groups in total. The number of alkyl halides is 1. The third-order valence-electron chi connectivity index (χ3n) is 2.77. The summed E-state index contributed by atoms with van der Waals surface area (Å²) in [5.74, 6) is 1.26. The molecule has 3 nitrogen and oxygen atoms in total. The van der Waals surface area contributed by atoms with Crippen molar-refractivity contribution in [1.82, 2.24) is 9.97 Å². The molecule has 0 saturated heterocycles. The molecule has 0 fully saturated rings. The van der Waals surface area contributed by atoms with Crippen LogP contribution in [0.1, 0.15) is 5.69 Å². The molecule has 0 bridgehead atoms. The zero-order chi connectivity index (χ0) is 14.4. The molecule has 0 radical (unpaired) electrons. The molecule has 2 rings (SSSR count). The number of nitrogens with zero attached hydrogens (tertiary/aromatic N) is 3. The van der Waals surface area contributed by atoms with Gasteiger partial charge >= 0.3 is 0 Å². The molecule has 0 aliphatic carbocycles. The van der Waals surface area contributed by atoms with Crippen molar-refractivity contribution in [3.63, 3.8) is 0 Å². The predicted octanol–water partition coefficient (Wildman–Crippen LogP) is 4.94. The maximum Gasteiger partial charge on any atom is 0.0963 e. The Kier molecular flexibility index (Phi) is 11.0. The smallest absolute Gasteiger partial charge is 0.0963 e. The summed E-state index contributed by atoms with van der Waals surface area (Å²) in [7, 11) is 1.97. The van der Waals surface area contributed by atoms with E-state index in [1.165, 1.54) is 0 Å². The van der Waals surface area contributed by atoms with Gasteiger partial charge in [0.1, 0.15) is 0 Å². The third kappa shape index (κ3) is 6.01. The Hall–Kier alpha value is -0.390. The van der Waals surface area contributed by atoms with E-state index in [0.717, 1.165) is 23.0 Å². The number of thioether (sulfide) groups is 1. The maximum absolute atomic E-state index is 6.42. The molecule has 0 aliphatic rings. The second-order valence-electron chi connectivity index (χ2n) is 4.16. The minimum absolute atomic E-state index is 0. The van der Waals surface area contributed by atoms with Crippen LogP contribution >= 0.6 is 59.8 Å². The van der Waals surface area contributed by atoms with Crippen LogP contribution in [0.2, 0.25) is 5.02 Å². The molecule has 2 aromatic rings. The van der Waals surface area contributed by atoms with Gasteiger partial charge in [0.2, 0.25) is 0 Å². The summed E-state index contributed by atoms with van der Waals surface area (Å²) in [6.07, 6.45) is 3.56. The summed E-state index contributed by atoms with van der Waals surface area (Å²) in [4.78, 5) is 10.7. The van der Waals surface area contributed by atoms with Crippen molar-refractivity contribution in [3.05, 3.63) is 47.4 Å². The molecule has 0 unspecified atom stereocenters. The van der Waals surface area contributed by atoms with Crippen LogP contribution in [0.3, 0.4) is 0 Å². The monoisotopic (exact) mass is 399 g/mol. The first-order valence-electron chi connectivity index (χ1n) is 6.16. The Morgan fingerprint density at radius 2 is 1.91 bits per heavy atom. The zero-order valence-electron chi connectivity index (χ0n) is 11.9. The van der Waals surface area contributed by atoms with E-state index >= 15 is 0 Å². The average Bonchev–Trinajstić information content (AvgIpc) is 2.47. The van der Waals surface area contributed by atoms with Gasteiger partial charge in [-0.25, -0.2) is 4.98 Å². The van der Waals surface area contributed by atoms with E-state index in [1.807, 2.05) is 36.2 Å². The number of hydrogen-bond acceptors (Lipinski definition) is 4. The molecule has 8 heteroatoms. The molecule has 0 aromatic carbocycles. The number of pyridine rings is 2. The number of hydrogen-bond donors (Lipinski definition) is 0. The van der Waals surface area contributed by atoms with Gasteiger partial charge in [0, 0.05) is 37.6 Å². The quantitative estimate of drug-likeness (QED) is 0.507. The number of halogens is 4. The average molecular weight is 401 g/mol. The van der Waals surface area contributed by atoms with Crippen molar-refractivity contribution in [2.24, 2.45) is 0 Å². The second-order valence-corrected chi connectivity index (χ2v) is 5.91. The lowest BCUT2D eigenvalue weighted by Gasteiger charge is -2.20. The van der Waals surface area contributed by atoms with E-state index in [2.05, 4.69) is 9.97 Å². The van der Waals surface area contributed by atoms with Gasteiger partial charge in [-0.05, 0) is 18.2 Å². The van der Waals surface area contributed by atoms with Gasteiger partial charge in [-0.15, -0.1) is 36.4 Å². The van der Waals surface area contributed by atoms with Gasteiger partial charge < -0.3 is 4.90 Å². The van der Waals surface area contributed by atoms with Crippen LogP contribution in [0.4, 0.5) is 5.69 Å². The molecule has 0 saturated carbocycles. The van der Waals surface area contributed by atoms with Gasteiger partial charge in [-0.2, -0.15) is 0 Å². The highest BCUT2D eigenvalue weighted by atomic mass is 35.5. The molecule has 0 aliphatic heterocycles. The number of rotatable bonds is 6. The summed E-state index contributed by atoms with van der Waals surface area (Å²) in [5.41, 5.74) is 1.82. The second kappa shape index (κ2) is 11.2. The normalized spacial score (nSPS) is 9.59. The summed E-state index contributed by atoms with van der Waals surface area (Å²) >= 11 is 13.8. The van der Waals surface area contributed by atoms with E-state index in [9.17, 15) is 0 Å². The lowest BCUT2D eigenvalue weighted by molar-refractivity contribution is 0.965. The molecule has 2 aromatic heterocycles. The Balaban J connectivity index is 0.00000220. The molecule has 0 atom stereocenters. The van der Waals surface area contributed by atoms with Crippen LogP contribution in [0, 0.1) is 0 Å². The topological polar surface area (TPSA) is 29.0 Å². The van der Waals surface area contributed by atoms with Crippen molar-refractivity contribution >= 4 is 65.5 Å². The van der Waals surface area contributed by atoms with Crippen molar-refractivity contribution < 1.29 is 0 Å². The fraction of sp³-hybridized carbons (Fsp3) is 0.286. The van der Waals surface area contributed by atoms with Crippen LogP contribution in [-0.4, -0.2) is 29.4 Å². The highest BCUT2D eigenvalue weighted by molar-refractivity contribution is 7.98. The summed E-state index contributed by atoms with van der Waals surface area (Å²) in [6.45, 7) is 0.748. The lowest BCUT2D eigenvalue weighted by atomic mass is 10.3. The standard InChI is InChI=1S/C14H15Cl2N3S.2ClH/c1-19(9-6-15)12-5-8-17-11(14(12)16)10-20-13-4-2-3-7-18-13;;/h2-5,7-8H,6,9-10H2,1H3;2*1H. The SMILES string of the molecule is CN(CCCl)c1ccnc(CSc2ccccn2)c1Cl.Cl.Cl. The van der Waals surface area contributed by atoms with Gasteiger partial charge in [0.15, 0.2) is 0 Å². The first-order valence-corrected chi connectivity index (χ1v) is 8.06. The van der Waals surface area contributed by atoms with Crippen molar-refractivity contribution in [2.45, 2.75) is 10.8 Å². The van der Waals surface area contributed by atoms with Crippen LogP contribution in [-0.2, 0) is 5.75 Å². The lowest BCUT2D eigenvalue weighted by Crippen LogP contribution is -2.20. The molecule has 0 amide bonds. The van der Waals surface area contributed by atoms with Gasteiger partial charge in [0.05, 0.1) is 21.4 Å². The van der Waals surface area contributed by atoms with E-state index in [4.69, 9.17) is 23.2 Å². The molecule has 2 heterocycles. The largest absolute Gasteiger partial charge is 0.372 e. The Labute approximate surface area is 157 Å². The Morgan fingerprint density at radius 1 is 1.14 bits per heavy atom. The summed E-state index contributed by atoms with van der Waals surface area (Å²) in [6, 6.07) is 7.75. The third-order valence-corrected chi connectivity index (χ3v) is 4.30. The highest BCUT2D eigenvalue weighted by Crippen LogP contribution is 2.30. The van der Waals surface area contributed by atoms with Crippen LogP contribution in [0.25, 0.3) is 0 Å². The van der Waals surface area contributed by atoms with E-state index in [0.29, 0.717) is 16.7 Å². The number of aromatic nitrogens is 2. The molecule has 22 heavy (non-hydrogen) atoms. The van der Waals surface area contributed by atoms with E-state index < -0.39 is 0 Å². The Bertz CT molecular complexity index is 557. The summed E-state index contributed by atoms with van der Waals surface area (Å²) in [5, 5.41) is 1.65. The molecular weight excluding hydrogens is 384 g/mol. The first kappa shape index (κ1) is 21.6. The van der Waals surface area contributed by atoms with E-state index in [-0.39, 0.29) is 24.8 Å². The van der Waals surface area contributed by atoms with Crippen LogP contribution in [0.15, 0.2) is 41.7 Å². The predicted molar refractivity (Wildman–Crippen MR) is 102 cm³/mol. The fourth-order valence-electron chi connectivity index (χ4n) is 1.69. The van der Waals surface area contributed by atoms with Crippen molar-refractivity contribution in [3.8, 4) is 0 Å². The van der Waals surface area contributed by atoms with Gasteiger partial charge in [0.25, 0.3) is 0 Å². The molecule has 0 spiro atoms. The van der Waals surface area contributed by atoms with Gasteiger partial charge in [-0.1, -0.05) is 29.4 Å².